The summed E-state index contributed by atoms with van der Waals surface area (Å²) >= 11 is 6.29. The average Bonchev–Trinajstić information content (AvgIpc) is 3.15. The van der Waals surface area contributed by atoms with Crippen molar-refractivity contribution in [2.75, 3.05) is 0 Å². The van der Waals surface area contributed by atoms with E-state index in [-0.39, 0.29) is 12.3 Å². The molecule has 5 rings (SSSR count). The summed E-state index contributed by atoms with van der Waals surface area (Å²) in [4.78, 5) is 0. The van der Waals surface area contributed by atoms with Crippen LogP contribution in [0.15, 0.2) is 53.6 Å². The molecule has 0 bridgehead atoms. The lowest BCUT2D eigenvalue weighted by atomic mass is 9.86. The van der Waals surface area contributed by atoms with Crippen molar-refractivity contribution in [1.29, 1.82) is 0 Å². The second-order valence-corrected chi connectivity index (χ2v) is 8.04. The Balaban J connectivity index is 1.54. The third-order valence-corrected chi connectivity index (χ3v) is 6.18. The van der Waals surface area contributed by atoms with Gasteiger partial charge in [0.15, 0.2) is 6.23 Å². The number of halogens is 1. The first-order chi connectivity index (χ1) is 12.8. The maximum atomic E-state index is 6.48. The van der Waals surface area contributed by atoms with E-state index in [0.717, 1.165) is 22.9 Å². The number of hydrogen-bond donors (Lipinski definition) is 0. The molecule has 1 fully saturated rings. The van der Waals surface area contributed by atoms with Crippen molar-refractivity contribution in [3.05, 3.63) is 64.7 Å². The van der Waals surface area contributed by atoms with Crippen molar-refractivity contribution >= 4 is 17.3 Å². The molecule has 3 aliphatic rings. The van der Waals surface area contributed by atoms with Gasteiger partial charge >= 0.3 is 0 Å². The van der Waals surface area contributed by atoms with Crippen LogP contribution in [0.3, 0.4) is 0 Å². The summed E-state index contributed by atoms with van der Waals surface area (Å²) in [6.07, 6.45) is 7.34. The minimum absolute atomic E-state index is 0.0372. The van der Waals surface area contributed by atoms with Crippen LogP contribution >= 0.6 is 11.6 Å². The van der Waals surface area contributed by atoms with Crippen LogP contribution < -0.4 is 4.74 Å². The molecule has 26 heavy (non-hydrogen) atoms. The number of nitrogens with zero attached hydrogens (tertiary/aromatic N) is 2. The van der Waals surface area contributed by atoms with E-state index in [1.807, 2.05) is 12.1 Å². The molecule has 2 aromatic rings. The highest BCUT2D eigenvalue weighted by molar-refractivity contribution is 6.30. The fourth-order valence-electron chi connectivity index (χ4n) is 4.62. The first-order valence-corrected chi connectivity index (χ1v) is 10.0. The van der Waals surface area contributed by atoms with Crippen molar-refractivity contribution < 1.29 is 4.74 Å². The number of hydrogen-bond acceptors (Lipinski definition) is 3. The molecule has 0 spiro atoms. The van der Waals surface area contributed by atoms with Crippen LogP contribution in [0.5, 0.6) is 5.75 Å². The Kier molecular flexibility index (Phi) is 4.12. The lowest BCUT2D eigenvalue weighted by molar-refractivity contribution is -0.0643. The van der Waals surface area contributed by atoms with E-state index in [2.05, 4.69) is 41.4 Å². The van der Waals surface area contributed by atoms with E-state index in [9.17, 15) is 0 Å². The Morgan fingerprint density at radius 3 is 2.62 bits per heavy atom. The molecule has 0 aromatic heterocycles. The number of hydrazone groups is 1. The molecule has 0 N–H and O–H groups in total. The lowest BCUT2D eigenvalue weighted by Gasteiger charge is -2.42. The fraction of sp³-hybridized carbons (Fsp3) is 0.409. The summed E-state index contributed by atoms with van der Waals surface area (Å²) < 4.78 is 6.48. The van der Waals surface area contributed by atoms with E-state index in [4.69, 9.17) is 21.4 Å². The van der Waals surface area contributed by atoms with E-state index in [1.54, 1.807) is 0 Å². The molecule has 0 radical (unpaired) electrons. The minimum Gasteiger partial charge on any atom is -0.468 e. The van der Waals surface area contributed by atoms with Crippen molar-refractivity contribution in [3.63, 3.8) is 0 Å². The quantitative estimate of drug-likeness (QED) is 0.672. The Morgan fingerprint density at radius 1 is 1.00 bits per heavy atom. The summed E-state index contributed by atoms with van der Waals surface area (Å²) in [6, 6.07) is 16.7. The van der Waals surface area contributed by atoms with E-state index >= 15 is 0 Å². The molecule has 2 atom stereocenters. The molecular formula is C22H23ClN2O. The van der Waals surface area contributed by atoms with Gasteiger partial charge in [-0.15, -0.1) is 0 Å². The number of fused-ring (bicyclic) bond motifs is 3. The largest absolute Gasteiger partial charge is 0.468 e. The number of ether oxygens (including phenoxy) is 1. The molecule has 134 valence electrons. The van der Waals surface area contributed by atoms with Crippen LogP contribution in [0.25, 0.3) is 0 Å². The molecule has 2 heterocycles. The van der Waals surface area contributed by atoms with E-state index in [1.165, 1.54) is 43.2 Å². The zero-order chi connectivity index (χ0) is 17.5. The van der Waals surface area contributed by atoms with Gasteiger partial charge in [-0.1, -0.05) is 61.2 Å². The fourth-order valence-corrected chi connectivity index (χ4v) is 4.80. The van der Waals surface area contributed by atoms with Gasteiger partial charge < -0.3 is 4.74 Å². The Bertz CT molecular complexity index is 829. The van der Waals surface area contributed by atoms with Gasteiger partial charge in [0.05, 0.1) is 11.8 Å². The first kappa shape index (κ1) is 16.2. The number of rotatable bonds is 2. The molecular weight excluding hydrogens is 344 g/mol. The zero-order valence-electron chi connectivity index (χ0n) is 14.8. The van der Waals surface area contributed by atoms with E-state index in [0.29, 0.717) is 5.92 Å². The molecule has 0 amide bonds. The topological polar surface area (TPSA) is 24.8 Å². The van der Waals surface area contributed by atoms with Gasteiger partial charge in [0.1, 0.15) is 5.75 Å². The predicted octanol–water partition coefficient (Wildman–Crippen LogP) is 5.79. The van der Waals surface area contributed by atoms with Gasteiger partial charge in [-0.3, -0.25) is 0 Å². The van der Waals surface area contributed by atoms with Crippen LogP contribution in [0.2, 0.25) is 5.02 Å². The second-order valence-electron chi connectivity index (χ2n) is 7.60. The third-order valence-electron chi connectivity index (χ3n) is 5.94. The average molecular weight is 367 g/mol. The van der Waals surface area contributed by atoms with E-state index < -0.39 is 0 Å². The van der Waals surface area contributed by atoms with Crippen LogP contribution in [-0.2, 0) is 0 Å². The van der Waals surface area contributed by atoms with Gasteiger partial charge in [-0.05, 0) is 36.6 Å². The first-order valence-electron chi connectivity index (χ1n) is 9.67. The third kappa shape index (κ3) is 2.79. The molecule has 4 heteroatoms. The zero-order valence-corrected chi connectivity index (χ0v) is 15.5. The summed E-state index contributed by atoms with van der Waals surface area (Å²) in [6.45, 7) is 0. The van der Waals surface area contributed by atoms with Gasteiger partial charge in [0.25, 0.3) is 0 Å². The Morgan fingerprint density at radius 2 is 1.81 bits per heavy atom. The van der Waals surface area contributed by atoms with Crippen molar-refractivity contribution in [1.82, 2.24) is 5.01 Å². The molecule has 2 aliphatic heterocycles. The molecule has 0 saturated heterocycles. The maximum absolute atomic E-state index is 6.48. The van der Waals surface area contributed by atoms with Crippen LogP contribution in [0.1, 0.15) is 55.7 Å². The molecule has 0 unspecified atom stereocenters. The van der Waals surface area contributed by atoms with Gasteiger partial charge in [0, 0.05) is 22.9 Å². The van der Waals surface area contributed by atoms with Crippen LogP contribution in [0.4, 0.5) is 0 Å². The molecule has 1 aliphatic carbocycles. The standard InChI is InChI=1S/C22H23ClN2O/c23-17-11-12-21-18(13-17)20-14-19(15-7-3-1-4-8-15)24-25(20)22(26-21)16-9-5-2-6-10-16/h1,3-4,7-8,11-13,16,20,22H,2,5-6,9-10,14H2/t20-,22-/m0/s1. The smallest absolute Gasteiger partial charge is 0.190 e. The Hall–Kier alpha value is -2.00. The lowest BCUT2D eigenvalue weighted by Crippen LogP contribution is -2.45. The van der Waals surface area contributed by atoms with Crippen molar-refractivity contribution in [2.45, 2.75) is 50.8 Å². The van der Waals surface area contributed by atoms with Gasteiger partial charge in [0.2, 0.25) is 0 Å². The highest BCUT2D eigenvalue weighted by atomic mass is 35.5. The molecule has 3 nitrogen and oxygen atoms in total. The Labute approximate surface area is 159 Å². The minimum atomic E-state index is 0.0372. The molecule has 1 saturated carbocycles. The van der Waals surface area contributed by atoms with Gasteiger partial charge in [-0.2, -0.15) is 5.10 Å². The summed E-state index contributed by atoms with van der Waals surface area (Å²) in [5.74, 6) is 1.53. The highest BCUT2D eigenvalue weighted by Gasteiger charge is 2.43. The van der Waals surface area contributed by atoms with Gasteiger partial charge in [-0.25, -0.2) is 5.01 Å². The monoisotopic (exact) mass is 366 g/mol. The van der Waals surface area contributed by atoms with Crippen LogP contribution in [-0.4, -0.2) is 16.9 Å². The normalized spacial score (nSPS) is 25.3. The highest BCUT2D eigenvalue weighted by Crippen LogP contribution is 2.47. The molecule has 2 aromatic carbocycles. The summed E-state index contributed by atoms with van der Waals surface area (Å²) in [5.41, 5.74) is 3.51. The maximum Gasteiger partial charge on any atom is 0.190 e. The van der Waals surface area contributed by atoms with Crippen molar-refractivity contribution in [2.24, 2.45) is 11.0 Å². The SMILES string of the molecule is Clc1ccc2c(c1)[C@@H]1CC(c3ccccc3)=NN1[C@H](C1CCCCC1)O2. The summed E-state index contributed by atoms with van der Waals surface area (Å²) in [5, 5.41) is 8.04. The number of benzene rings is 2. The predicted molar refractivity (Wildman–Crippen MR) is 105 cm³/mol. The van der Waals surface area contributed by atoms with Crippen LogP contribution in [0, 0.1) is 5.92 Å². The summed E-state index contributed by atoms with van der Waals surface area (Å²) in [7, 11) is 0. The van der Waals surface area contributed by atoms with Crippen molar-refractivity contribution in [3.8, 4) is 5.75 Å². The second kappa shape index (κ2) is 6.62.